The maximum atomic E-state index is 9.35. The Morgan fingerprint density at radius 3 is 3.18 bits per heavy atom. The van der Waals surface area contributed by atoms with E-state index in [1.807, 2.05) is 6.92 Å². The molecule has 0 bridgehead atoms. The molecule has 11 heavy (non-hydrogen) atoms. The Morgan fingerprint density at radius 2 is 2.64 bits per heavy atom. The van der Waals surface area contributed by atoms with Gasteiger partial charge in [0.25, 0.3) is 0 Å². The van der Waals surface area contributed by atoms with E-state index in [-0.39, 0.29) is 0 Å². The summed E-state index contributed by atoms with van der Waals surface area (Å²) in [5.41, 5.74) is 0. The van der Waals surface area contributed by atoms with E-state index >= 15 is 0 Å². The van der Waals surface area contributed by atoms with Crippen molar-refractivity contribution in [2.75, 3.05) is 13.2 Å². The molecular weight excluding hydrogens is 164 g/mol. The van der Waals surface area contributed by atoms with Gasteiger partial charge in [0.05, 0.1) is 17.7 Å². The molecule has 1 N–H and O–H groups in total. The zero-order valence-corrected chi connectivity index (χ0v) is 7.04. The highest BCUT2D eigenvalue weighted by atomic mass is 32.1. The molecule has 0 aliphatic carbocycles. The van der Waals surface area contributed by atoms with Gasteiger partial charge in [0, 0.05) is 6.61 Å². The van der Waals surface area contributed by atoms with E-state index in [1.54, 1.807) is 6.20 Å². The van der Waals surface area contributed by atoms with E-state index in [0.29, 0.717) is 13.2 Å². The lowest BCUT2D eigenvalue weighted by atomic mass is 10.3. The van der Waals surface area contributed by atoms with Gasteiger partial charge in [-0.2, -0.15) is 0 Å². The summed E-state index contributed by atoms with van der Waals surface area (Å²) in [7, 11) is 0. The molecule has 0 saturated carbocycles. The molecule has 4 nitrogen and oxygen atoms in total. The minimum absolute atomic E-state index is 0.320. The molecule has 0 aliphatic heterocycles. The van der Waals surface area contributed by atoms with Crippen LogP contribution in [0.5, 0.6) is 0 Å². The highest BCUT2D eigenvalue weighted by Crippen LogP contribution is 2.14. The van der Waals surface area contributed by atoms with Crippen molar-refractivity contribution in [3.05, 3.63) is 11.1 Å². The molecule has 1 atom stereocenters. The number of aromatic nitrogens is 2. The summed E-state index contributed by atoms with van der Waals surface area (Å²) in [5.74, 6) is 0. The van der Waals surface area contributed by atoms with Crippen LogP contribution >= 0.6 is 11.5 Å². The first-order chi connectivity index (χ1) is 5.34. The number of nitrogens with zero attached hydrogens (tertiary/aromatic N) is 2. The van der Waals surface area contributed by atoms with Crippen LogP contribution in [0.25, 0.3) is 0 Å². The van der Waals surface area contributed by atoms with Crippen molar-refractivity contribution in [1.82, 2.24) is 9.59 Å². The van der Waals surface area contributed by atoms with Gasteiger partial charge in [-0.05, 0) is 18.5 Å². The molecular formula is C6H10N2O2S. The minimum atomic E-state index is -0.574. The van der Waals surface area contributed by atoms with Crippen molar-refractivity contribution >= 4 is 11.5 Å². The number of aliphatic hydroxyl groups excluding tert-OH is 1. The van der Waals surface area contributed by atoms with Crippen LogP contribution in [-0.4, -0.2) is 27.9 Å². The SMILES string of the molecule is CCOCC(O)c1cnns1. The molecule has 1 aromatic rings. The second-order valence-corrected chi connectivity index (χ2v) is 2.81. The fraction of sp³-hybridized carbons (Fsp3) is 0.667. The first-order valence-corrected chi connectivity index (χ1v) is 4.15. The van der Waals surface area contributed by atoms with Crippen LogP contribution in [0.2, 0.25) is 0 Å². The Kier molecular flexibility index (Phi) is 3.41. The topological polar surface area (TPSA) is 55.2 Å². The standard InChI is InChI=1S/C6H10N2O2S/c1-2-10-4-5(9)6-3-7-8-11-6/h3,5,9H,2,4H2,1H3. The Bertz CT molecular complexity index is 190. The normalized spacial score (nSPS) is 13.3. The predicted octanol–water partition coefficient (Wildman–Crippen LogP) is 0.608. The molecule has 1 aromatic heterocycles. The largest absolute Gasteiger partial charge is 0.385 e. The van der Waals surface area contributed by atoms with E-state index in [9.17, 15) is 5.11 Å². The van der Waals surface area contributed by atoms with Crippen LogP contribution in [-0.2, 0) is 4.74 Å². The molecule has 1 unspecified atom stereocenters. The molecule has 0 aromatic carbocycles. The molecule has 0 amide bonds. The molecule has 1 rings (SSSR count). The van der Waals surface area contributed by atoms with Gasteiger partial charge >= 0.3 is 0 Å². The molecule has 1 heterocycles. The van der Waals surface area contributed by atoms with Gasteiger partial charge in [-0.1, -0.05) is 4.49 Å². The first kappa shape index (κ1) is 8.58. The third-order valence-electron chi connectivity index (χ3n) is 1.19. The highest BCUT2D eigenvalue weighted by molar-refractivity contribution is 7.05. The highest BCUT2D eigenvalue weighted by Gasteiger charge is 2.08. The molecule has 0 saturated heterocycles. The molecule has 0 radical (unpaired) electrons. The molecule has 62 valence electrons. The number of ether oxygens (including phenoxy) is 1. The zero-order valence-electron chi connectivity index (χ0n) is 6.23. The van der Waals surface area contributed by atoms with Gasteiger partial charge in [0.15, 0.2) is 0 Å². The number of hydrogen-bond donors (Lipinski definition) is 1. The third kappa shape index (κ3) is 2.53. The monoisotopic (exact) mass is 174 g/mol. The van der Waals surface area contributed by atoms with Crippen LogP contribution < -0.4 is 0 Å². The summed E-state index contributed by atoms with van der Waals surface area (Å²) in [6.45, 7) is 2.82. The fourth-order valence-electron chi connectivity index (χ4n) is 0.633. The Balaban J connectivity index is 2.36. The van der Waals surface area contributed by atoms with Gasteiger partial charge < -0.3 is 9.84 Å². The van der Waals surface area contributed by atoms with E-state index < -0.39 is 6.10 Å². The van der Waals surface area contributed by atoms with Crippen molar-refractivity contribution in [2.24, 2.45) is 0 Å². The van der Waals surface area contributed by atoms with Gasteiger partial charge in [0.2, 0.25) is 0 Å². The molecule has 5 heteroatoms. The summed E-state index contributed by atoms with van der Waals surface area (Å²) < 4.78 is 8.65. The van der Waals surface area contributed by atoms with E-state index in [2.05, 4.69) is 9.59 Å². The zero-order chi connectivity index (χ0) is 8.10. The first-order valence-electron chi connectivity index (χ1n) is 3.37. The van der Waals surface area contributed by atoms with Crippen LogP contribution in [0.4, 0.5) is 0 Å². The number of aliphatic hydroxyl groups is 1. The van der Waals surface area contributed by atoms with E-state index in [0.717, 1.165) is 4.88 Å². The smallest absolute Gasteiger partial charge is 0.115 e. The molecule has 0 aliphatic rings. The van der Waals surface area contributed by atoms with Crippen LogP contribution in [0, 0.1) is 0 Å². The van der Waals surface area contributed by atoms with Crippen molar-refractivity contribution < 1.29 is 9.84 Å². The van der Waals surface area contributed by atoms with Crippen molar-refractivity contribution in [2.45, 2.75) is 13.0 Å². The summed E-state index contributed by atoms with van der Waals surface area (Å²) in [4.78, 5) is 0.749. The summed E-state index contributed by atoms with van der Waals surface area (Å²) in [5, 5.41) is 13.0. The van der Waals surface area contributed by atoms with Gasteiger partial charge in [0.1, 0.15) is 6.10 Å². The summed E-state index contributed by atoms with van der Waals surface area (Å²) in [6, 6.07) is 0. The fourth-order valence-corrected chi connectivity index (χ4v) is 1.11. The minimum Gasteiger partial charge on any atom is -0.385 e. The average Bonchev–Trinajstić information content (AvgIpc) is 2.52. The van der Waals surface area contributed by atoms with Gasteiger partial charge in [-0.15, -0.1) is 5.10 Å². The van der Waals surface area contributed by atoms with E-state index in [4.69, 9.17) is 4.74 Å². The van der Waals surface area contributed by atoms with Crippen LogP contribution in [0.1, 0.15) is 17.9 Å². The Hall–Kier alpha value is -0.520. The quantitative estimate of drug-likeness (QED) is 0.726. The second-order valence-electron chi connectivity index (χ2n) is 2.00. The number of rotatable bonds is 4. The summed E-state index contributed by atoms with van der Waals surface area (Å²) >= 11 is 1.19. The van der Waals surface area contributed by atoms with Gasteiger partial charge in [-0.25, -0.2) is 0 Å². The van der Waals surface area contributed by atoms with E-state index in [1.165, 1.54) is 11.5 Å². The lowest BCUT2D eigenvalue weighted by molar-refractivity contribution is 0.0438. The maximum Gasteiger partial charge on any atom is 0.115 e. The number of hydrogen-bond acceptors (Lipinski definition) is 5. The summed E-state index contributed by atoms with van der Waals surface area (Å²) in [6.07, 6.45) is 0.976. The van der Waals surface area contributed by atoms with Crippen LogP contribution in [0.15, 0.2) is 6.20 Å². The lowest BCUT2D eigenvalue weighted by Crippen LogP contribution is -2.05. The third-order valence-corrected chi connectivity index (χ3v) is 1.95. The van der Waals surface area contributed by atoms with Gasteiger partial charge in [-0.3, -0.25) is 0 Å². The van der Waals surface area contributed by atoms with Crippen molar-refractivity contribution in [3.63, 3.8) is 0 Å². The average molecular weight is 174 g/mol. The molecule has 0 fully saturated rings. The maximum absolute atomic E-state index is 9.35. The molecule has 0 spiro atoms. The predicted molar refractivity (Wildman–Crippen MR) is 41.4 cm³/mol. The second kappa shape index (κ2) is 4.38. The Morgan fingerprint density at radius 1 is 1.82 bits per heavy atom. The van der Waals surface area contributed by atoms with Crippen LogP contribution in [0.3, 0.4) is 0 Å². The lowest BCUT2D eigenvalue weighted by Gasteiger charge is -2.05. The van der Waals surface area contributed by atoms with Crippen molar-refractivity contribution in [1.29, 1.82) is 0 Å². The van der Waals surface area contributed by atoms with Crippen molar-refractivity contribution in [3.8, 4) is 0 Å². The Labute approximate surface area is 69.0 Å².